The molecule has 1 heterocycles. The predicted octanol–water partition coefficient (Wildman–Crippen LogP) is 4.91. The van der Waals surface area contributed by atoms with Crippen LogP contribution in [0.2, 0.25) is 0 Å². The van der Waals surface area contributed by atoms with Crippen LogP contribution < -0.4 is 5.32 Å². The SMILES string of the molecule is N#Cc1cccc(NCCC2CC3(c4noc(C(F)(F)F)n4)CCC2CC3)c1. The third-order valence-electron chi connectivity index (χ3n) is 6.29. The molecule has 0 saturated heterocycles. The van der Waals surface area contributed by atoms with Gasteiger partial charge in [-0.15, -0.1) is 0 Å². The van der Waals surface area contributed by atoms with Gasteiger partial charge >= 0.3 is 12.1 Å². The Bertz CT molecular complexity index is 878. The van der Waals surface area contributed by atoms with E-state index in [2.05, 4.69) is 26.0 Å². The maximum absolute atomic E-state index is 12.8. The van der Waals surface area contributed by atoms with E-state index in [1.54, 1.807) is 6.07 Å². The molecule has 5 nitrogen and oxygen atoms in total. The van der Waals surface area contributed by atoms with Crippen molar-refractivity contribution >= 4 is 5.69 Å². The Balaban J connectivity index is 1.41. The van der Waals surface area contributed by atoms with Crippen LogP contribution in [0.1, 0.15) is 55.8 Å². The van der Waals surface area contributed by atoms with Gasteiger partial charge in [0.05, 0.1) is 11.6 Å². The first-order valence-corrected chi connectivity index (χ1v) is 9.55. The summed E-state index contributed by atoms with van der Waals surface area (Å²) in [4.78, 5) is 3.71. The Hall–Kier alpha value is -2.56. The molecule has 0 spiro atoms. The van der Waals surface area contributed by atoms with Crippen LogP contribution in [0.25, 0.3) is 0 Å². The lowest BCUT2D eigenvalue weighted by Crippen LogP contribution is -2.44. The van der Waals surface area contributed by atoms with E-state index in [4.69, 9.17) is 5.26 Å². The van der Waals surface area contributed by atoms with Crippen LogP contribution in [-0.2, 0) is 11.6 Å². The first kappa shape index (κ1) is 18.8. The zero-order chi connectivity index (χ0) is 19.8. The van der Waals surface area contributed by atoms with Gasteiger partial charge in [0, 0.05) is 17.6 Å². The molecular weight excluding hydrogens is 369 g/mol. The number of nitrogens with zero attached hydrogens (tertiary/aromatic N) is 3. The fourth-order valence-corrected chi connectivity index (χ4v) is 4.84. The number of hydrogen-bond donors (Lipinski definition) is 1. The number of alkyl halides is 3. The molecule has 0 aliphatic heterocycles. The van der Waals surface area contributed by atoms with E-state index in [0.717, 1.165) is 50.8 Å². The molecule has 1 atom stereocenters. The number of fused-ring (bicyclic) bond motifs is 3. The van der Waals surface area contributed by atoms with Crippen LogP contribution in [0.4, 0.5) is 18.9 Å². The Morgan fingerprint density at radius 2 is 2.07 bits per heavy atom. The Morgan fingerprint density at radius 1 is 1.29 bits per heavy atom. The molecule has 0 amide bonds. The molecule has 5 rings (SSSR count). The molecule has 8 heteroatoms. The minimum Gasteiger partial charge on any atom is -0.385 e. The van der Waals surface area contributed by atoms with Gasteiger partial charge in [0.25, 0.3) is 0 Å². The lowest BCUT2D eigenvalue weighted by atomic mass is 9.55. The second-order valence-electron chi connectivity index (χ2n) is 7.91. The monoisotopic (exact) mass is 390 g/mol. The van der Waals surface area contributed by atoms with Crippen molar-refractivity contribution < 1.29 is 17.7 Å². The smallest absolute Gasteiger partial charge is 0.385 e. The third-order valence-corrected chi connectivity index (χ3v) is 6.29. The van der Waals surface area contributed by atoms with E-state index in [0.29, 0.717) is 17.4 Å². The molecule has 2 bridgehead atoms. The number of aromatic nitrogens is 2. The Kier molecular flexibility index (Phi) is 4.77. The maximum Gasteiger partial charge on any atom is 0.471 e. The van der Waals surface area contributed by atoms with Crippen LogP contribution >= 0.6 is 0 Å². The summed E-state index contributed by atoms with van der Waals surface area (Å²) < 4.78 is 43.0. The zero-order valence-electron chi connectivity index (χ0n) is 15.3. The van der Waals surface area contributed by atoms with Crippen molar-refractivity contribution in [2.75, 3.05) is 11.9 Å². The highest BCUT2D eigenvalue weighted by Crippen LogP contribution is 2.54. The van der Waals surface area contributed by atoms with Gasteiger partial charge in [0.2, 0.25) is 0 Å². The fraction of sp³-hybridized carbons (Fsp3) is 0.550. The third kappa shape index (κ3) is 3.58. The van der Waals surface area contributed by atoms with Crippen molar-refractivity contribution in [3.8, 4) is 6.07 Å². The van der Waals surface area contributed by atoms with Gasteiger partial charge in [-0.2, -0.15) is 23.4 Å². The molecule has 3 saturated carbocycles. The first-order chi connectivity index (χ1) is 13.4. The number of rotatable bonds is 5. The lowest BCUT2D eigenvalue weighted by Gasteiger charge is -2.49. The fourth-order valence-electron chi connectivity index (χ4n) is 4.84. The van der Waals surface area contributed by atoms with E-state index in [-0.39, 0.29) is 5.82 Å². The zero-order valence-corrected chi connectivity index (χ0v) is 15.3. The van der Waals surface area contributed by atoms with Gasteiger partial charge in [0.1, 0.15) is 0 Å². The quantitative estimate of drug-likeness (QED) is 0.785. The van der Waals surface area contributed by atoms with Crippen molar-refractivity contribution in [2.24, 2.45) is 11.8 Å². The summed E-state index contributed by atoms with van der Waals surface area (Å²) in [6, 6.07) is 9.46. The van der Waals surface area contributed by atoms with E-state index >= 15 is 0 Å². The molecule has 3 fully saturated rings. The summed E-state index contributed by atoms with van der Waals surface area (Å²) in [5.74, 6) is -0.0112. The predicted molar refractivity (Wildman–Crippen MR) is 95.3 cm³/mol. The molecule has 148 valence electrons. The van der Waals surface area contributed by atoms with Gasteiger partial charge in [-0.3, -0.25) is 0 Å². The Labute approximate surface area is 160 Å². The number of nitrogens with one attached hydrogen (secondary N) is 1. The summed E-state index contributed by atoms with van der Waals surface area (Å²) in [5, 5.41) is 16.0. The van der Waals surface area contributed by atoms with Crippen LogP contribution in [0, 0.1) is 23.2 Å². The highest BCUT2D eigenvalue weighted by molar-refractivity contribution is 5.49. The standard InChI is InChI=1S/C20H21F3N4O/c21-20(22,23)18-26-17(27-28-18)19-7-4-14(5-8-19)15(11-19)6-9-25-16-3-1-2-13(10-16)12-24/h1-3,10,14-15,25H,4-9,11H2. The van der Waals surface area contributed by atoms with Crippen molar-refractivity contribution in [3.63, 3.8) is 0 Å². The van der Waals surface area contributed by atoms with E-state index in [1.807, 2.05) is 18.2 Å². The highest BCUT2D eigenvalue weighted by Gasteiger charge is 2.50. The normalized spacial score (nSPS) is 26.8. The molecule has 3 aliphatic carbocycles. The molecule has 1 N–H and O–H groups in total. The molecule has 2 aromatic rings. The summed E-state index contributed by atoms with van der Waals surface area (Å²) >= 11 is 0. The largest absolute Gasteiger partial charge is 0.471 e. The van der Waals surface area contributed by atoms with Gasteiger partial charge in [-0.1, -0.05) is 11.2 Å². The average molecular weight is 390 g/mol. The highest BCUT2D eigenvalue weighted by atomic mass is 19.4. The van der Waals surface area contributed by atoms with E-state index in [1.165, 1.54) is 0 Å². The van der Waals surface area contributed by atoms with Crippen LogP contribution in [0.15, 0.2) is 28.8 Å². The number of nitriles is 1. The minimum atomic E-state index is -4.60. The van der Waals surface area contributed by atoms with Crippen molar-refractivity contribution in [3.05, 3.63) is 41.5 Å². The van der Waals surface area contributed by atoms with Crippen molar-refractivity contribution in [1.29, 1.82) is 5.26 Å². The minimum absolute atomic E-state index is 0.220. The molecule has 1 aromatic carbocycles. The summed E-state index contributed by atoms with van der Waals surface area (Å²) in [5.41, 5.74) is 1.12. The second-order valence-corrected chi connectivity index (χ2v) is 7.91. The summed E-state index contributed by atoms with van der Waals surface area (Å²) in [6.07, 6.45) is 0.747. The molecule has 28 heavy (non-hydrogen) atoms. The molecule has 1 aromatic heterocycles. The second kappa shape index (κ2) is 7.12. The van der Waals surface area contributed by atoms with Crippen LogP contribution in [0.3, 0.4) is 0 Å². The van der Waals surface area contributed by atoms with Gasteiger partial charge in [-0.25, -0.2) is 0 Å². The van der Waals surface area contributed by atoms with Crippen molar-refractivity contribution in [2.45, 2.75) is 50.1 Å². The molecule has 0 radical (unpaired) electrons. The first-order valence-electron chi connectivity index (χ1n) is 9.55. The maximum atomic E-state index is 12.8. The number of anilines is 1. The molecular formula is C20H21F3N4O. The van der Waals surface area contributed by atoms with Gasteiger partial charge < -0.3 is 9.84 Å². The van der Waals surface area contributed by atoms with Gasteiger partial charge in [0.15, 0.2) is 5.82 Å². The lowest BCUT2D eigenvalue weighted by molar-refractivity contribution is -0.159. The average Bonchev–Trinajstić information content (AvgIpc) is 3.21. The summed E-state index contributed by atoms with van der Waals surface area (Å²) in [7, 11) is 0. The van der Waals surface area contributed by atoms with Crippen molar-refractivity contribution in [1.82, 2.24) is 10.1 Å². The number of hydrogen-bond acceptors (Lipinski definition) is 5. The Morgan fingerprint density at radius 3 is 2.75 bits per heavy atom. The van der Waals surface area contributed by atoms with E-state index in [9.17, 15) is 13.2 Å². The van der Waals surface area contributed by atoms with Crippen LogP contribution in [-0.4, -0.2) is 16.7 Å². The van der Waals surface area contributed by atoms with E-state index < -0.39 is 17.5 Å². The molecule has 1 unspecified atom stereocenters. The van der Waals surface area contributed by atoms with Gasteiger partial charge in [-0.05, 0) is 68.6 Å². The number of halogens is 3. The van der Waals surface area contributed by atoms with Crippen LogP contribution in [0.5, 0.6) is 0 Å². The topological polar surface area (TPSA) is 74.7 Å². The number of benzene rings is 1. The summed E-state index contributed by atoms with van der Waals surface area (Å²) in [6.45, 7) is 0.756. The molecule has 3 aliphatic rings.